The first kappa shape index (κ1) is 16.2. The lowest BCUT2D eigenvalue weighted by atomic mass is 10.2. The summed E-state index contributed by atoms with van der Waals surface area (Å²) in [5.41, 5.74) is 0.790. The highest BCUT2D eigenvalue weighted by atomic mass is 16.6. The molecular formula is C16H20N2O4. The molecule has 0 saturated carbocycles. The number of methoxy groups -OCH3 is 1. The molecular weight excluding hydrogens is 284 g/mol. The van der Waals surface area contributed by atoms with E-state index in [0.29, 0.717) is 26.4 Å². The van der Waals surface area contributed by atoms with E-state index < -0.39 is 6.09 Å². The highest BCUT2D eigenvalue weighted by Crippen LogP contribution is 2.16. The molecule has 0 spiro atoms. The number of pyridine rings is 1. The van der Waals surface area contributed by atoms with Crippen LogP contribution in [0.2, 0.25) is 0 Å². The minimum atomic E-state index is -0.460. The third-order valence-electron chi connectivity index (χ3n) is 3.08. The molecule has 0 fully saturated rings. The molecule has 0 atom stereocenters. The molecule has 0 saturated heterocycles. The average molecular weight is 304 g/mol. The van der Waals surface area contributed by atoms with E-state index in [1.807, 2.05) is 30.3 Å². The number of para-hydroxylation sites is 1. The zero-order valence-electron chi connectivity index (χ0n) is 12.8. The summed E-state index contributed by atoms with van der Waals surface area (Å²) in [4.78, 5) is 17.7. The first-order valence-electron chi connectivity index (χ1n) is 7.06. The number of benzene rings is 1. The predicted octanol–water partition coefficient (Wildman–Crippen LogP) is 2.33. The van der Waals surface area contributed by atoms with Gasteiger partial charge < -0.3 is 19.1 Å². The third kappa shape index (κ3) is 4.68. The number of aromatic nitrogens is 1. The summed E-state index contributed by atoms with van der Waals surface area (Å²) in [6.45, 7) is 1.91. The van der Waals surface area contributed by atoms with Crippen LogP contribution in [0, 0.1) is 0 Å². The monoisotopic (exact) mass is 304 g/mol. The summed E-state index contributed by atoms with van der Waals surface area (Å²) in [6.07, 6.45) is -0.460. The van der Waals surface area contributed by atoms with Crippen molar-refractivity contribution in [2.45, 2.75) is 0 Å². The number of hydrogen-bond donors (Lipinski definition) is 0. The maximum absolute atomic E-state index is 12.0. The van der Waals surface area contributed by atoms with Gasteiger partial charge in [-0.3, -0.25) is 0 Å². The van der Waals surface area contributed by atoms with Crippen molar-refractivity contribution in [3.8, 4) is 5.88 Å². The molecule has 0 N–H and O–H groups in total. The molecule has 0 aliphatic rings. The first-order chi connectivity index (χ1) is 10.7. The van der Waals surface area contributed by atoms with Crippen LogP contribution in [0.25, 0.3) is 10.9 Å². The zero-order chi connectivity index (χ0) is 15.8. The Hall–Kier alpha value is -2.18. The minimum Gasteiger partial charge on any atom is -0.391 e. The Morgan fingerprint density at radius 2 is 1.95 bits per heavy atom. The summed E-state index contributed by atoms with van der Waals surface area (Å²) in [5.74, 6) is 0.288. The van der Waals surface area contributed by atoms with Crippen LogP contribution < -0.4 is 4.74 Å². The first-order valence-corrected chi connectivity index (χ1v) is 7.06. The Morgan fingerprint density at radius 1 is 1.14 bits per heavy atom. The summed E-state index contributed by atoms with van der Waals surface area (Å²) >= 11 is 0. The van der Waals surface area contributed by atoms with E-state index in [-0.39, 0.29) is 5.88 Å². The Balaban J connectivity index is 1.84. The Kier molecular flexibility index (Phi) is 6.12. The van der Waals surface area contributed by atoms with E-state index in [4.69, 9.17) is 14.2 Å². The number of amides is 1. The molecule has 118 valence electrons. The normalized spacial score (nSPS) is 10.6. The van der Waals surface area contributed by atoms with Crippen LogP contribution >= 0.6 is 0 Å². The van der Waals surface area contributed by atoms with Crippen LogP contribution in [0.15, 0.2) is 36.4 Å². The molecule has 22 heavy (non-hydrogen) atoms. The lowest BCUT2D eigenvalue weighted by molar-refractivity contribution is 0.0606. The molecule has 6 heteroatoms. The van der Waals surface area contributed by atoms with Crippen molar-refractivity contribution < 1.29 is 19.0 Å². The Bertz CT molecular complexity index is 618. The van der Waals surface area contributed by atoms with Crippen molar-refractivity contribution in [3.63, 3.8) is 0 Å². The minimum absolute atomic E-state index is 0.288. The lowest BCUT2D eigenvalue weighted by Crippen LogP contribution is -2.33. The molecule has 0 radical (unpaired) electrons. The van der Waals surface area contributed by atoms with Gasteiger partial charge in [0.1, 0.15) is 0 Å². The van der Waals surface area contributed by atoms with E-state index >= 15 is 0 Å². The number of hydrogen-bond acceptors (Lipinski definition) is 5. The largest absolute Gasteiger partial charge is 0.416 e. The van der Waals surface area contributed by atoms with E-state index in [0.717, 1.165) is 10.9 Å². The van der Waals surface area contributed by atoms with Crippen LogP contribution in [-0.4, -0.2) is 56.5 Å². The topological polar surface area (TPSA) is 60.9 Å². The molecule has 0 aliphatic carbocycles. The maximum Gasteiger partial charge on any atom is 0.416 e. The average Bonchev–Trinajstić information content (AvgIpc) is 2.54. The lowest BCUT2D eigenvalue weighted by Gasteiger charge is -2.16. The fraction of sp³-hybridized carbons (Fsp3) is 0.375. The molecule has 0 bridgehead atoms. The number of carbonyl (C=O) groups excluding carboxylic acids is 1. The van der Waals surface area contributed by atoms with Gasteiger partial charge in [0.05, 0.1) is 25.3 Å². The fourth-order valence-corrected chi connectivity index (χ4v) is 1.81. The zero-order valence-corrected chi connectivity index (χ0v) is 12.8. The molecule has 2 rings (SSSR count). The summed E-state index contributed by atoms with van der Waals surface area (Å²) in [5, 5.41) is 1.00. The quantitative estimate of drug-likeness (QED) is 0.735. The predicted molar refractivity (Wildman–Crippen MR) is 83.1 cm³/mol. The molecule has 2 aromatic rings. The van der Waals surface area contributed by atoms with E-state index in [9.17, 15) is 4.79 Å². The molecule has 1 amide bonds. The Morgan fingerprint density at radius 3 is 2.77 bits per heavy atom. The molecule has 1 aromatic carbocycles. The molecule has 0 unspecified atom stereocenters. The number of nitrogens with zero attached hydrogens (tertiary/aromatic N) is 2. The van der Waals surface area contributed by atoms with Crippen molar-refractivity contribution in [2.75, 3.05) is 40.5 Å². The number of ether oxygens (including phenoxy) is 3. The van der Waals surface area contributed by atoms with Gasteiger partial charge >= 0.3 is 6.09 Å². The van der Waals surface area contributed by atoms with Gasteiger partial charge in [0, 0.05) is 32.2 Å². The van der Waals surface area contributed by atoms with Gasteiger partial charge in [-0.15, -0.1) is 0 Å². The fourth-order valence-electron chi connectivity index (χ4n) is 1.81. The van der Waals surface area contributed by atoms with Gasteiger partial charge in [0.25, 0.3) is 0 Å². The van der Waals surface area contributed by atoms with Crippen molar-refractivity contribution in [1.82, 2.24) is 9.88 Å². The smallest absolute Gasteiger partial charge is 0.391 e. The van der Waals surface area contributed by atoms with Gasteiger partial charge in [0.15, 0.2) is 0 Å². The molecule has 1 aromatic heterocycles. The van der Waals surface area contributed by atoms with Gasteiger partial charge in [-0.25, -0.2) is 9.78 Å². The third-order valence-corrected chi connectivity index (χ3v) is 3.08. The molecule has 1 heterocycles. The highest BCUT2D eigenvalue weighted by Gasteiger charge is 2.12. The van der Waals surface area contributed by atoms with Crippen molar-refractivity contribution >= 4 is 17.0 Å². The van der Waals surface area contributed by atoms with E-state index in [2.05, 4.69) is 4.98 Å². The molecule has 0 aliphatic heterocycles. The van der Waals surface area contributed by atoms with Gasteiger partial charge in [0.2, 0.25) is 5.88 Å². The summed E-state index contributed by atoms with van der Waals surface area (Å²) in [7, 11) is 3.27. The van der Waals surface area contributed by atoms with Crippen LogP contribution in [0.1, 0.15) is 0 Å². The number of likely N-dealkylation sites (N-methyl/N-ethyl adjacent to an activating group) is 1. The Labute approximate surface area is 129 Å². The van der Waals surface area contributed by atoms with Gasteiger partial charge in [-0.1, -0.05) is 18.2 Å². The summed E-state index contributed by atoms with van der Waals surface area (Å²) < 4.78 is 15.4. The van der Waals surface area contributed by atoms with Crippen LogP contribution in [-0.2, 0) is 9.47 Å². The van der Waals surface area contributed by atoms with E-state index in [1.165, 1.54) is 4.90 Å². The highest BCUT2D eigenvalue weighted by molar-refractivity contribution is 5.79. The summed E-state index contributed by atoms with van der Waals surface area (Å²) in [6, 6.07) is 11.2. The van der Waals surface area contributed by atoms with Gasteiger partial charge in [-0.05, 0) is 12.1 Å². The standard InChI is InChI=1S/C16H20N2O4/c1-18(9-10-21-12-11-20-2)16(19)22-15-8-7-13-5-3-4-6-14(13)17-15/h3-8H,9-12H2,1-2H3. The number of carbonyl (C=O) groups is 1. The second-order valence-electron chi connectivity index (χ2n) is 4.74. The number of fused-ring (bicyclic) bond motifs is 1. The van der Waals surface area contributed by atoms with Gasteiger partial charge in [-0.2, -0.15) is 0 Å². The van der Waals surface area contributed by atoms with Crippen LogP contribution in [0.4, 0.5) is 4.79 Å². The molecule has 6 nitrogen and oxygen atoms in total. The van der Waals surface area contributed by atoms with Crippen LogP contribution in [0.5, 0.6) is 5.88 Å². The second-order valence-corrected chi connectivity index (χ2v) is 4.74. The second kappa shape index (κ2) is 8.31. The number of rotatable bonds is 7. The van der Waals surface area contributed by atoms with Crippen LogP contribution in [0.3, 0.4) is 0 Å². The van der Waals surface area contributed by atoms with E-state index in [1.54, 1.807) is 20.2 Å². The van der Waals surface area contributed by atoms with Crippen molar-refractivity contribution in [3.05, 3.63) is 36.4 Å². The SMILES string of the molecule is COCCOCCN(C)C(=O)Oc1ccc2ccccc2n1. The maximum atomic E-state index is 12.0. The van der Waals surface area contributed by atoms with Crippen molar-refractivity contribution in [1.29, 1.82) is 0 Å². The van der Waals surface area contributed by atoms with Crippen molar-refractivity contribution in [2.24, 2.45) is 0 Å².